The minimum absolute atomic E-state index is 0.164. The second-order valence-corrected chi connectivity index (χ2v) is 5.57. The zero-order valence-corrected chi connectivity index (χ0v) is 11.5. The van der Waals surface area contributed by atoms with Gasteiger partial charge in [0.2, 0.25) is 0 Å². The molecule has 0 aromatic carbocycles. The maximum Gasteiger partial charge on any atom is 0.410 e. The average Bonchev–Trinajstić information content (AvgIpc) is 2.35. The van der Waals surface area contributed by atoms with Crippen molar-refractivity contribution in [1.82, 2.24) is 14.9 Å². The smallest absolute Gasteiger partial charge is 0.410 e. The van der Waals surface area contributed by atoms with Crippen LogP contribution in [0.3, 0.4) is 0 Å². The van der Waals surface area contributed by atoms with Crippen molar-refractivity contribution in [3.63, 3.8) is 0 Å². The third-order valence-corrected chi connectivity index (χ3v) is 2.78. The Hall–Kier alpha value is -1.69. The number of carbonyl (C=O) groups is 1. The van der Waals surface area contributed by atoms with Gasteiger partial charge in [0.15, 0.2) is 5.82 Å². The summed E-state index contributed by atoms with van der Waals surface area (Å²) >= 11 is 0. The summed E-state index contributed by atoms with van der Waals surface area (Å²) in [7, 11) is 0. The maximum absolute atomic E-state index is 12.0. The molecule has 2 rings (SSSR count). The molecule has 2 heterocycles. The quantitative estimate of drug-likeness (QED) is 0.827. The lowest BCUT2D eigenvalue weighted by molar-refractivity contribution is 0.0222. The van der Waals surface area contributed by atoms with Gasteiger partial charge in [-0.1, -0.05) is 0 Å². The van der Waals surface area contributed by atoms with E-state index in [4.69, 9.17) is 9.84 Å². The molecule has 1 amide bonds. The summed E-state index contributed by atoms with van der Waals surface area (Å²) < 4.78 is 5.34. The minimum atomic E-state index is -0.491. The van der Waals surface area contributed by atoms with Crippen LogP contribution in [0, 0.1) is 0 Å². The van der Waals surface area contributed by atoms with Crippen molar-refractivity contribution in [2.75, 3.05) is 6.54 Å². The molecule has 0 unspecified atom stereocenters. The number of hydrogen-bond acceptors (Lipinski definition) is 5. The molecule has 0 saturated heterocycles. The van der Waals surface area contributed by atoms with Crippen molar-refractivity contribution in [1.29, 1.82) is 0 Å². The van der Waals surface area contributed by atoms with E-state index in [9.17, 15) is 4.79 Å². The fourth-order valence-electron chi connectivity index (χ4n) is 1.92. The molecule has 0 radical (unpaired) electrons. The lowest BCUT2D eigenvalue weighted by atomic mass is 10.1. The molecule has 1 aromatic rings. The van der Waals surface area contributed by atoms with Crippen LogP contribution in [0.5, 0.6) is 0 Å². The Morgan fingerprint density at radius 3 is 2.89 bits per heavy atom. The lowest BCUT2D eigenvalue weighted by Gasteiger charge is -2.30. The predicted octanol–water partition coefficient (Wildman–Crippen LogP) is 1.26. The Labute approximate surface area is 112 Å². The molecule has 0 saturated carbocycles. The molecular weight excluding hydrogens is 246 g/mol. The summed E-state index contributed by atoms with van der Waals surface area (Å²) in [5.74, 6) is 0.421. The maximum atomic E-state index is 12.0. The zero-order chi connectivity index (χ0) is 14.0. The number of amides is 1. The van der Waals surface area contributed by atoms with E-state index in [0.29, 0.717) is 25.3 Å². The van der Waals surface area contributed by atoms with Gasteiger partial charge in [-0.15, -0.1) is 0 Å². The lowest BCUT2D eigenvalue weighted by Crippen LogP contribution is -2.40. The average molecular weight is 265 g/mol. The van der Waals surface area contributed by atoms with Crippen molar-refractivity contribution in [2.24, 2.45) is 0 Å². The summed E-state index contributed by atoms with van der Waals surface area (Å²) in [6, 6.07) is 0. The molecule has 6 heteroatoms. The fraction of sp³-hybridized carbons (Fsp3) is 0.615. The molecule has 0 spiro atoms. The molecule has 1 aliphatic rings. The van der Waals surface area contributed by atoms with Gasteiger partial charge in [0, 0.05) is 24.7 Å². The van der Waals surface area contributed by atoms with Gasteiger partial charge in [-0.05, 0) is 20.8 Å². The molecule has 1 aromatic heterocycles. The standard InChI is InChI=1S/C13H19N3O3/c1-13(2,3)19-12(18)16-5-4-10-9(7-16)6-14-11(8-17)15-10/h6,17H,4-5,7-8H2,1-3H3. The van der Waals surface area contributed by atoms with Crippen molar-refractivity contribution in [2.45, 2.75) is 45.9 Å². The second kappa shape index (κ2) is 5.13. The minimum Gasteiger partial charge on any atom is -0.444 e. The van der Waals surface area contributed by atoms with Crippen LogP contribution < -0.4 is 0 Å². The van der Waals surface area contributed by atoms with Crippen LogP contribution in [-0.2, 0) is 24.3 Å². The van der Waals surface area contributed by atoms with Gasteiger partial charge < -0.3 is 14.7 Å². The van der Waals surface area contributed by atoms with E-state index < -0.39 is 5.60 Å². The van der Waals surface area contributed by atoms with E-state index in [1.54, 1.807) is 11.1 Å². The number of aromatic nitrogens is 2. The molecular formula is C13H19N3O3. The van der Waals surface area contributed by atoms with E-state index >= 15 is 0 Å². The normalized spacial score (nSPS) is 15.1. The number of aliphatic hydroxyl groups excluding tert-OH is 1. The molecule has 0 aliphatic carbocycles. The first-order chi connectivity index (χ1) is 8.89. The van der Waals surface area contributed by atoms with Gasteiger partial charge in [0.25, 0.3) is 0 Å². The van der Waals surface area contributed by atoms with Crippen LogP contribution in [0.15, 0.2) is 6.20 Å². The van der Waals surface area contributed by atoms with Crippen molar-refractivity contribution in [3.8, 4) is 0 Å². The first kappa shape index (κ1) is 13.7. The van der Waals surface area contributed by atoms with Crippen molar-refractivity contribution >= 4 is 6.09 Å². The zero-order valence-electron chi connectivity index (χ0n) is 11.5. The molecule has 0 bridgehead atoms. The molecule has 1 aliphatic heterocycles. The summed E-state index contributed by atoms with van der Waals surface area (Å²) in [6.07, 6.45) is 2.01. The number of fused-ring (bicyclic) bond motifs is 1. The van der Waals surface area contributed by atoms with Crippen LogP contribution in [0.4, 0.5) is 4.79 Å². The summed E-state index contributed by atoms with van der Waals surface area (Å²) in [4.78, 5) is 21.9. The van der Waals surface area contributed by atoms with E-state index in [2.05, 4.69) is 9.97 Å². The Morgan fingerprint density at radius 2 is 2.26 bits per heavy atom. The van der Waals surface area contributed by atoms with Gasteiger partial charge in [-0.3, -0.25) is 0 Å². The highest BCUT2D eigenvalue weighted by atomic mass is 16.6. The third kappa shape index (κ3) is 3.41. The SMILES string of the molecule is CC(C)(C)OC(=O)N1CCc2nc(CO)ncc2C1. The molecule has 104 valence electrons. The largest absolute Gasteiger partial charge is 0.444 e. The molecule has 19 heavy (non-hydrogen) atoms. The number of nitrogens with zero attached hydrogens (tertiary/aromatic N) is 3. The Balaban J connectivity index is 2.08. The summed E-state index contributed by atoms with van der Waals surface area (Å²) in [6.45, 7) is 6.40. The molecule has 6 nitrogen and oxygen atoms in total. The fourth-order valence-corrected chi connectivity index (χ4v) is 1.92. The van der Waals surface area contributed by atoms with E-state index in [1.807, 2.05) is 20.8 Å². The number of rotatable bonds is 1. The highest BCUT2D eigenvalue weighted by Gasteiger charge is 2.26. The van der Waals surface area contributed by atoms with Gasteiger partial charge >= 0.3 is 6.09 Å². The Morgan fingerprint density at radius 1 is 1.53 bits per heavy atom. The monoisotopic (exact) mass is 265 g/mol. The molecule has 0 fully saturated rings. The third-order valence-electron chi connectivity index (χ3n) is 2.78. The Bertz CT molecular complexity index is 483. The van der Waals surface area contributed by atoms with Gasteiger partial charge in [-0.25, -0.2) is 14.8 Å². The van der Waals surface area contributed by atoms with Crippen LogP contribution in [0.2, 0.25) is 0 Å². The van der Waals surface area contributed by atoms with Gasteiger partial charge in [0.1, 0.15) is 12.2 Å². The molecule has 1 N–H and O–H groups in total. The van der Waals surface area contributed by atoms with Crippen LogP contribution in [0.25, 0.3) is 0 Å². The molecule has 0 atom stereocenters. The van der Waals surface area contributed by atoms with E-state index in [1.165, 1.54) is 0 Å². The van der Waals surface area contributed by atoms with Gasteiger partial charge in [0.05, 0.1) is 12.2 Å². The summed E-state index contributed by atoms with van der Waals surface area (Å²) in [5.41, 5.74) is 1.32. The summed E-state index contributed by atoms with van der Waals surface area (Å²) in [5, 5.41) is 9.00. The van der Waals surface area contributed by atoms with E-state index in [-0.39, 0.29) is 12.7 Å². The second-order valence-electron chi connectivity index (χ2n) is 5.57. The Kier molecular flexibility index (Phi) is 3.71. The first-order valence-electron chi connectivity index (χ1n) is 6.31. The number of aliphatic hydroxyl groups is 1. The highest BCUT2D eigenvalue weighted by Crippen LogP contribution is 2.19. The van der Waals surface area contributed by atoms with Crippen LogP contribution in [0.1, 0.15) is 37.9 Å². The first-order valence-corrected chi connectivity index (χ1v) is 6.31. The number of carbonyl (C=O) groups excluding carboxylic acids is 1. The van der Waals surface area contributed by atoms with Crippen molar-refractivity contribution < 1.29 is 14.6 Å². The highest BCUT2D eigenvalue weighted by molar-refractivity contribution is 5.68. The van der Waals surface area contributed by atoms with E-state index in [0.717, 1.165) is 11.3 Å². The van der Waals surface area contributed by atoms with Crippen LogP contribution in [-0.4, -0.2) is 38.2 Å². The van der Waals surface area contributed by atoms with Crippen molar-refractivity contribution in [3.05, 3.63) is 23.3 Å². The topological polar surface area (TPSA) is 75.5 Å². The number of ether oxygens (including phenoxy) is 1. The van der Waals surface area contributed by atoms with Crippen LogP contribution >= 0.6 is 0 Å². The number of hydrogen-bond donors (Lipinski definition) is 1. The van der Waals surface area contributed by atoms with Gasteiger partial charge in [-0.2, -0.15) is 0 Å². The predicted molar refractivity (Wildman–Crippen MR) is 68.3 cm³/mol.